The fourth-order valence-corrected chi connectivity index (χ4v) is 3.83. The van der Waals surface area contributed by atoms with E-state index < -0.39 is 6.03 Å². The van der Waals surface area contributed by atoms with E-state index in [2.05, 4.69) is 21.0 Å². The van der Waals surface area contributed by atoms with Crippen LogP contribution in [0.4, 0.5) is 16.2 Å². The zero-order valence-corrected chi connectivity index (χ0v) is 18.8. The molecule has 1 aliphatic rings. The van der Waals surface area contributed by atoms with E-state index >= 15 is 0 Å². The molecule has 0 aliphatic carbocycles. The minimum atomic E-state index is -0.395. The quantitative estimate of drug-likeness (QED) is 0.411. The third-order valence-electron chi connectivity index (χ3n) is 5.23. The summed E-state index contributed by atoms with van der Waals surface area (Å²) in [6, 6.07) is 11.8. The van der Waals surface area contributed by atoms with Crippen molar-refractivity contribution in [2.45, 2.75) is 18.6 Å². The molecule has 2 unspecified atom stereocenters. The first-order valence-electron chi connectivity index (χ1n) is 10.1. The molecular formula is C22H23Cl2N5O3. The summed E-state index contributed by atoms with van der Waals surface area (Å²) in [5, 5.41) is 23.7. The van der Waals surface area contributed by atoms with Crippen molar-refractivity contribution in [3.8, 4) is 17.0 Å². The van der Waals surface area contributed by atoms with E-state index in [1.165, 1.54) is 0 Å². The van der Waals surface area contributed by atoms with Crippen molar-refractivity contribution in [3.05, 3.63) is 58.7 Å². The van der Waals surface area contributed by atoms with Crippen molar-refractivity contribution >= 4 is 40.6 Å². The predicted octanol–water partition coefficient (Wildman–Crippen LogP) is 4.14. The zero-order chi connectivity index (χ0) is 22.7. The smallest absolute Gasteiger partial charge is 0.323 e. The standard InChI is InChI=1S/C22H23Cl2N5O3/c1-29-21(17(24)11-26-29)16-10-15(28-22(31)27-14-4-2-13(23)3-5-14)6-7-20(16)32-9-8-18-19(30)12-25-18/h2-7,10-11,18-19,25,30H,8-9,12H2,1H3,(H2,27,28,31). The second-order valence-corrected chi connectivity index (χ2v) is 8.32. The van der Waals surface area contributed by atoms with Gasteiger partial charge in [0.05, 0.1) is 29.6 Å². The Morgan fingerprint density at radius 2 is 1.94 bits per heavy atom. The molecule has 2 atom stereocenters. The lowest BCUT2D eigenvalue weighted by Crippen LogP contribution is -2.57. The normalized spacial score (nSPS) is 17.5. The van der Waals surface area contributed by atoms with Gasteiger partial charge in [0, 0.05) is 41.6 Å². The van der Waals surface area contributed by atoms with Crippen LogP contribution in [0.25, 0.3) is 11.3 Å². The maximum Gasteiger partial charge on any atom is 0.323 e. The molecular weight excluding hydrogens is 453 g/mol. The van der Waals surface area contributed by atoms with E-state index in [-0.39, 0.29) is 12.1 Å². The van der Waals surface area contributed by atoms with Gasteiger partial charge in [0.1, 0.15) is 5.75 Å². The molecule has 2 heterocycles. The number of halogens is 2. The van der Waals surface area contributed by atoms with Crippen LogP contribution in [-0.2, 0) is 7.05 Å². The van der Waals surface area contributed by atoms with Gasteiger partial charge in [0.15, 0.2) is 0 Å². The average Bonchev–Trinajstić information content (AvgIpc) is 3.10. The summed E-state index contributed by atoms with van der Waals surface area (Å²) in [7, 11) is 1.78. The van der Waals surface area contributed by atoms with Crippen LogP contribution in [0.2, 0.25) is 10.0 Å². The van der Waals surface area contributed by atoms with Gasteiger partial charge in [-0.1, -0.05) is 23.2 Å². The number of ether oxygens (including phenoxy) is 1. The monoisotopic (exact) mass is 475 g/mol. The number of aliphatic hydroxyl groups excluding tert-OH is 1. The molecule has 0 bridgehead atoms. The first-order chi connectivity index (χ1) is 15.4. The van der Waals surface area contributed by atoms with Gasteiger partial charge in [-0.3, -0.25) is 4.68 Å². The van der Waals surface area contributed by atoms with Gasteiger partial charge in [-0.05, 0) is 48.9 Å². The summed E-state index contributed by atoms with van der Waals surface area (Å²) in [6.45, 7) is 1.03. The Kier molecular flexibility index (Phi) is 6.86. The molecule has 4 rings (SSSR count). The molecule has 4 N–H and O–H groups in total. The molecule has 1 saturated heterocycles. The van der Waals surface area contributed by atoms with Gasteiger partial charge in [0.2, 0.25) is 0 Å². The van der Waals surface area contributed by atoms with E-state index in [4.69, 9.17) is 27.9 Å². The lowest BCUT2D eigenvalue weighted by Gasteiger charge is -2.34. The third-order valence-corrected chi connectivity index (χ3v) is 5.76. The maximum absolute atomic E-state index is 12.4. The Hall–Kier alpha value is -2.78. The van der Waals surface area contributed by atoms with Gasteiger partial charge in [-0.2, -0.15) is 5.10 Å². The van der Waals surface area contributed by atoms with Crippen molar-refractivity contribution in [2.24, 2.45) is 7.05 Å². The van der Waals surface area contributed by atoms with Crippen molar-refractivity contribution in [3.63, 3.8) is 0 Å². The molecule has 0 saturated carbocycles. The Morgan fingerprint density at radius 1 is 1.22 bits per heavy atom. The van der Waals surface area contributed by atoms with Crippen molar-refractivity contribution in [1.82, 2.24) is 15.1 Å². The van der Waals surface area contributed by atoms with Crippen LogP contribution in [-0.4, -0.2) is 46.2 Å². The van der Waals surface area contributed by atoms with Crippen LogP contribution in [0.15, 0.2) is 48.7 Å². The number of carbonyl (C=O) groups excluding carboxylic acids is 1. The van der Waals surface area contributed by atoms with Gasteiger partial charge in [-0.25, -0.2) is 4.79 Å². The molecule has 2 aromatic carbocycles. The zero-order valence-electron chi connectivity index (χ0n) is 17.3. The molecule has 3 aromatic rings. The molecule has 10 heteroatoms. The van der Waals surface area contributed by atoms with E-state index in [9.17, 15) is 9.90 Å². The highest BCUT2D eigenvalue weighted by Crippen LogP contribution is 2.36. The number of hydrogen-bond donors (Lipinski definition) is 4. The number of nitrogens with one attached hydrogen (secondary N) is 3. The Labute approximate surface area is 195 Å². The number of aryl methyl sites for hydroxylation is 1. The highest BCUT2D eigenvalue weighted by atomic mass is 35.5. The molecule has 2 amide bonds. The van der Waals surface area contributed by atoms with Crippen LogP contribution in [0, 0.1) is 0 Å². The number of β-amino-alcohol motifs (C(OH)–C–C–N with tert-alkyl or cyclic N) is 1. The summed E-state index contributed by atoms with van der Waals surface area (Å²) < 4.78 is 7.65. The topological polar surface area (TPSA) is 100 Å². The Morgan fingerprint density at radius 3 is 2.56 bits per heavy atom. The number of benzene rings is 2. The van der Waals surface area contributed by atoms with Gasteiger partial charge >= 0.3 is 6.03 Å². The van der Waals surface area contributed by atoms with Gasteiger partial charge < -0.3 is 25.8 Å². The largest absolute Gasteiger partial charge is 0.493 e. The van der Waals surface area contributed by atoms with E-state index in [0.717, 1.165) is 0 Å². The number of urea groups is 1. The first-order valence-corrected chi connectivity index (χ1v) is 10.9. The fourth-order valence-electron chi connectivity index (χ4n) is 3.44. The van der Waals surface area contributed by atoms with Crippen LogP contribution in [0.5, 0.6) is 5.75 Å². The predicted molar refractivity (Wildman–Crippen MR) is 126 cm³/mol. The SMILES string of the molecule is Cn1ncc(Cl)c1-c1cc(NC(=O)Nc2ccc(Cl)cc2)ccc1OCCC1NCC1O. The average molecular weight is 476 g/mol. The first kappa shape index (κ1) is 22.4. The highest BCUT2D eigenvalue weighted by Gasteiger charge is 2.27. The van der Waals surface area contributed by atoms with Crippen LogP contribution in [0.3, 0.4) is 0 Å². The molecule has 1 fully saturated rings. The van der Waals surface area contributed by atoms with Crippen molar-refractivity contribution < 1.29 is 14.6 Å². The summed E-state index contributed by atoms with van der Waals surface area (Å²) in [6.07, 6.45) is 1.89. The minimum absolute atomic E-state index is 0.0382. The number of rotatable bonds is 7. The number of hydrogen-bond acceptors (Lipinski definition) is 5. The van der Waals surface area contributed by atoms with Crippen LogP contribution in [0.1, 0.15) is 6.42 Å². The molecule has 1 aromatic heterocycles. The Balaban J connectivity index is 1.51. The summed E-state index contributed by atoms with van der Waals surface area (Å²) in [4.78, 5) is 12.4. The number of aliphatic hydroxyl groups is 1. The molecule has 0 radical (unpaired) electrons. The Bertz CT molecular complexity index is 1080. The molecule has 0 spiro atoms. The molecule has 32 heavy (non-hydrogen) atoms. The molecule has 8 nitrogen and oxygen atoms in total. The number of aromatic nitrogens is 2. The lowest BCUT2D eigenvalue weighted by molar-refractivity contribution is 0.0500. The second kappa shape index (κ2) is 9.79. The number of amides is 2. The third kappa shape index (κ3) is 5.16. The van der Waals surface area contributed by atoms with E-state index in [1.54, 1.807) is 60.4 Å². The number of nitrogens with zero attached hydrogens (tertiary/aromatic N) is 2. The van der Waals surface area contributed by atoms with Crippen LogP contribution >= 0.6 is 23.2 Å². The summed E-state index contributed by atoms with van der Waals surface area (Å²) >= 11 is 12.3. The highest BCUT2D eigenvalue weighted by molar-refractivity contribution is 6.33. The molecule has 168 valence electrons. The summed E-state index contributed by atoms with van der Waals surface area (Å²) in [5.74, 6) is 0.605. The van der Waals surface area contributed by atoms with Crippen molar-refractivity contribution in [2.75, 3.05) is 23.8 Å². The van der Waals surface area contributed by atoms with E-state index in [1.807, 2.05) is 0 Å². The molecule has 1 aliphatic heterocycles. The number of carbonyl (C=O) groups is 1. The van der Waals surface area contributed by atoms with E-state index in [0.29, 0.717) is 58.0 Å². The second-order valence-electron chi connectivity index (χ2n) is 7.48. The number of anilines is 2. The lowest BCUT2D eigenvalue weighted by atomic mass is 10.0. The minimum Gasteiger partial charge on any atom is -0.493 e. The van der Waals surface area contributed by atoms with Crippen LogP contribution < -0.4 is 20.7 Å². The maximum atomic E-state index is 12.4. The summed E-state index contributed by atoms with van der Waals surface area (Å²) in [5.41, 5.74) is 2.55. The van der Waals surface area contributed by atoms with Gasteiger partial charge in [-0.15, -0.1) is 0 Å². The van der Waals surface area contributed by atoms with Crippen molar-refractivity contribution in [1.29, 1.82) is 0 Å². The van der Waals surface area contributed by atoms with Gasteiger partial charge in [0.25, 0.3) is 0 Å². The fraction of sp³-hybridized carbons (Fsp3) is 0.273.